The molecule has 4 amide bonds. The summed E-state index contributed by atoms with van der Waals surface area (Å²) in [6.45, 7) is 2.54. The second-order valence-corrected chi connectivity index (χ2v) is 14.3. The molecule has 44 heavy (non-hydrogen) atoms. The van der Waals surface area contributed by atoms with Crippen LogP contribution in [-0.2, 0) is 32.3 Å². The van der Waals surface area contributed by atoms with E-state index in [4.69, 9.17) is 17.2 Å². The Morgan fingerprint density at radius 1 is 0.591 bits per heavy atom. The fourth-order valence-electron chi connectivity index (χ4n) is 8.94. The van der Waals surface area contributed by atoms with Gasteiger partial charge in [0.2, 0.25) is 11.4 Å². The summed E-state index contributed by atoms with van der Waals surface area (Å²) in [6.07, 6.45) is 8.27. The minimum atomic E-state index is -0.455. The number of quaternary nitrogens is 2. The Kier molecular flexibility index (Phi) is 10.2. The van der Waals surface area contributed by atoms with Crippen molar-refractivity contribution in [1.29, 1.82) is 0 Å². The van der Waals surface area contributed by atoms with Gasteiger partial charge in [-0.1, -0.05) is 12.1 Å². The van der Waals surface area contributed by atoms with Gasteiger partial charge in [0.05, 0.1) is 25.7 Å². The van der Waals surface area contributed by atoms with Crippen LogP contribution in [0.3, 0.4) is 0 Å². The first-order valence-corrected chi connectivity index (χ1v) is 16.9. The Morgan fingerprint density at radius 2 is 0.932 bits per heavy atom. The van der Waals surface area contributed by atoms with Gasteiger partial charge >= 0.3 is 23.6 Å². The number of imide groups is 2. The molecule has 0 bridgehead atoms. The third kappa shape index (κ3) is 5.85. The predicted octanol–water partition coefficient (Wildman–Crippen LogP) is 3.05. The number of benzene rings is 1. The van der Waals surface area contributed by atoms with E-state index in [-0.39, 0.29) is 74.2 Å². The van der Waals surface area contributed by atoms with Crippen molar-refractivity contribution in [2.45, 2.75) is 90.1 Å². The highest BCUT2D eigenvalue weighted by Crippen LogP contribution is 2.51. The molecule has 2 saturated carbocycles. The monoisotopic (exact) mass is 610 g/mol. The second-order valence-electron chi connectivity index (χ2n) is 14.3. The molecular formula is C34H54N6O4+2. The highest BCUT2D eigenvalue weighted by Gasteiger charge is 2.62. The molecule has 10 nitrogen and oxygen atoms in total. The van der Waals surface area contributed by atoms with E-state index >= 15 is 0 Å². The molecule has 2 aliphatic heterocycles. The third-order valence-corrected chi connectivity index (χ3v) is 11.3. The van der Waals surface area contributed by atoms with Crippen LogP contribution >= 0.6 is 0 Å². The second kappa shape index (κ2) is 13.6. The molecule has 0 radical (unpaired) electrons. The van der Waals surface area contributed by atoms with E-state index in [1.165, 1.54) is 0 Å². The lowest BCUT2D eigenvalue weighted by molar-refractivity contribution is -0.141. The first kappa shape index (κ1) is 33.0. The van der Waals surface area contributed by atoms with Gasteiger partial charge in [0.15, 0.2) is 0 Å². The lowest BCUT2D eigenvalue weighted by Crippen LogP contribution is -2.62. The van der Waals surface area contributed by atoms with E-state index < -0.39 is 8.97 Å². The van der Waals surface area contributed by atoms with Crippen LogP contribution < -0.4 is 26.2 Å². The minimum Gasteiger partial charge on any atom is -0.330 e. The van der Waals surface area contributed by atoms with Gasteiger partial charge in [0.25, 0.3) is 0 Å². The number of rotatable bonds is 11. The van der Waals surface area contributed by atoms with Crippen molar-refractivity contribution < 1.29 is 19.2 Å². The number of nitrogens with two attached hydrogens (primary N) is 3. The van der Waals surface area contributed by atoms with E-state index in [1.807, 2.05) is 12.1 Å². The van der Waals surface area contributed by atoms with Gasteiger partial charge in [-0.15, -0.1) is 0 Å². The van der Waals surface area contributed by atoms with Gasteiger partial charge < -0.3 is 22.1 Å². The zero-order chi connectivity index (χ0) is 31.6. The van der Waals surface area contributed by atoms with Crippen LogP contribution in [0.5, 0.6) is 0 Å². The fraction of sp³-hybridized carbons (Fsp3) is 0.706. The Hall–Kier alpha value is -2.34. The number of nitrogens with zero attached hydrogens (tertiary/aromatic N) is 3. The van der Waals surface area contributed by atoms with Crippen LogP contribution in [0.15, 0.2) is 12.1 Å². The molecule has 1 aromatic rings. The summed E-state index contributed by atoms with van der Waals surface area (Å²) in [5.74, 6) is 0.733. The van der Waals surface area contributed by atoms with Crippen molar-refractivity contribution in [3.8, 4) is 0 Å². The quantitative estimate of drug-likeness (QED) is 0.256. The molecule has 0 aromatic heterocycles. The lowest BCUT2D eigenvalue weighted by Gasteiger charge is -2.41. The number of carbonyl (C=O) groups is 4. The van der Waals surface area contributed by atoms with Gasteiger partial charge in [-0.3, -0.25) is 0 Å². The molecule has 242 valence electrons. The van der Waals surface area contributed by atoms with Gasteiger partial charge in [0.1, 0.15) is 13.1 Å². The maximum absolute atomic E-state index is 14.2. The molecule has 0 spiro atoms. The van der Waals surface area contributed by atoms with Crippen molar-refractivity contribution in [3.05, 3.63) is 23.3 Å². The smallest absolute Gasteiger partial charge is 0.327 e. The molecular weight excluding hydrogens is 556 g/mol. The first-order valence-electron chi connectivity index (χ1n) is 16.9. The first-order chi connectivity index (χ1) is 21.1. The zero-order valence-electron chi connectivity index (χ0n) is 26.9. The van der Waals surface area contributed by atoms with E-state index in [0.29, 0.717) is 54.0 Å². The normalized spacial score (nSPS) is 28.8. The van der Waals surface area contributed by atoms with E-state index in [9.17, 15) is 19.2 Å². The molecule has 10 heteroatoms. The van der Waals surface area contributed by atoms with Crippen LogP contribution in [0.4, 0.5) is 11.4 Å². The highest BCUT2D eigenvalue weighted by molar-refractivity contribution is 6.21. The minimum absolute atomic E-state index is 0.0890. The lowest BCUT2D eigenvalue weighted by atomic mass is 9.80. The number of hydrogen-bond donors (Lipinski definition) is 3. The average Bonchev–Trinajstić information content (AvgIpc) is 3.47. The summed E-state index contributed by atoms with van der Waals surface area (Å²) in [7, 11) is 4.19. The molecule has 2 heterocycles. The number of likely N-dealkylation sites (tertiary alicyclic amines) is 2. The number of amides is 4. The van der Waals surface area contributed by atoms with Gasteiger partial charge in [-0.25, -0.2) is 19.2 Å². The van der Waals surface area contributed by atoms with E-state index in [1.54, 1.807) is 0 Å². The SMILES string of the molecule is CN(C)CC1CCC(C[N+]2(c3c(CN)ccc(CN)c3[N+]3(CC4CCC(CN)CC4)C(=O)CCC3=O)C(=O)CCC2=O)CC1. The van der Waals surface area contributed by atoms with Crippen molar-refractivity contribution in [2.24, 2.45) is 40.9 Å². The highest BCUT2D eigenvalue weighted by atomic mass is 16.2. The van der Waals surface area contributed by atoms with E-state index in [0.717, 1.165) is 57.9 Å². The zero-order valence-corrected chi connectivity index (χ0v) is 26.9. The Bertz CT molecular complexity index is 1230. The van der Waals surface area contributed by atoms with Gasteiger partial charge in [0, 0.05) is 42.6 Å². The van der Waals surface area contributed by atoms with Crippen LogP contribution in [0.1, 0.15) is 88.2 Å². The van der Waals surface area contributed by atoms with Crippen LogP contribution in [0.25, 0.3) is 0 Å². The van der Waals surface area contributed by atoms with Crippen molar-refractivity contribution in [1.82, 2.24) is 13.9 Å². The van der Waals surface area contributed by atoms with Crippen molar-refractivity contribution in [3.63, 3.8) is 0 Å². The fourth-order valence-corrected chi connectivity index (χ4v) is 8.94. The summed E-state index contributed by atoms with van der Waals surface area (Å²) in [4.78, 5) is 59.1. The predicted molar refractivity (Wildman–Crippen MR) is 173 cm³/mol. The summed E-state index contributed by atoms with van der Waals surface area (Å²) in [5.41, 5.74) is 21.0. The Balaban J connectivity index is 1.65. The summed E-state index contributed by atoms with van der Waals surface area (Å²) < 4.78 is -0.900. The molecule has 4 aliphatic rings. The molecule has 0 atom stereocenters. The Morgan fingerprint density at radius 3 is 1.25 bits per heavy atom. The molecule has 5 rings (SSSR count). The molecule has 4 fully saturated rings. The van der Waals surface area contributed by atoms with Crippen LogP contribution in [0, 0.1) is 23.7 Å². The third-order valence-electron chi connectivity index (χ3n) is 11.3. The molecule has 1 aromatic carbocycles. The number of carbonyl (C=O) groups excluding carboxylic acids is 4. The number of hydrogen-bond acceptors (Lipinski definition) is 8. The summed E-state index contributed by atoms with van der Waals surface area (Å²) in [6, 6.07) is 3.72. The maximum atomic E-state index is 14.2. The van der Waals surface area contributed by atoms with Gasteiger partial charge in [-0.2, -0.15) is 8.97 Å². The Labute approximate surface area is 262 Å². The van der Waals surface area contributed by atoms with E-state index in [2.05, 4.69) is 19.0 Å². The van der Waals surface area contributed by atoms with Crippen LogP contribution in [-0.4, -0.2) is 68.8 Å². The largest absolute Gasteiger partial charge is 0.330 e. The average molecular weight is 611 g/mol. The molecule has 6 N–H and O–H groups in total. The van der Waals surface area contributed by atoms with Crippen LogP contribution in [0.2, 0.25) is 0 Å². The molecule has 2 saturated heterocycles. The topological polar surface area (TPSA) is 150 Å². The van der Waals surface area contributed by atoms with Gasteiger partial charge in [-0.05, 0) is 83.8 Å². The molecule has 0 unspecified atom stereocenters. The standard InChI is InChI=1S/C34H54N6O4/c1-38(2)20-24-5-9-26(10-6-24)22-40(31(43)15-16-32(40)44)34-28(19-37)12-11-27(18-36)33(34)39(29(41)13-14-30(39)42)21-25-7-3-23(17-35)4-8-25/h11-12,23-26H,3-10,13-22,35-37H2,1-2H3/q+2. The molecule has 2 aliphatic carbocycles. The maximum Gasteiger partial charge on any atom is 0.327 e. The van der Waals surface area contributed by atoms with Crippen molar-refractivity contribution >= 4 is 35.0 Å². The van der Waals surface area contributed by atoms with Crippen molar-refractivity contribution in [2.75, 3.05) is 40.3 Å². The summed E-state index contributed by atoms with van der Waals surface area (Å²) in [5, 5.41) is 0. The summed E-state index contributed by atoms with van der Waals surface area (Å²) >= 11 is 0.